The molecule has 3 aliphatic rings. The maximum absolute atomic E-state index is 5.58. The van der Waals surface area contributed by atoms with Crippen LogP contribution in [0.5, 0.6) is 0 Å². The molecule has 0 amide bonds. The smallest absolute Gasteiger partial charge is 0.232 e. The first-order valence-electron chi connectivity index (χ1n) is 12.4. The van der Waals surface area contributed by atoms with Gasteiger partial charge in [0.05, 0.1) is 13.2 Å². The lowest BCUT2D eigenvalue weighted by Gasteiger charge is -2.32. The van der Waals surface area contributed by atoms with Crippen LogP contribution in [0.4, 0.5) is 17.6 Å². The molecule has 0 saturated carbocycles. The lowest BCUT2D eigenvalue weighted by atomic mass is 9.99. The summed E-state index contributed by atoms with van der Waals surface area (Å²) in [5, 5.41) is 7.13. The molecule has 2 N–H and O–H groups in total. The van der Waals surface area contributed by atoms with Crippen molar-refractivity contribution < 1.29 is 4.74 Å². The zero-order chi connectivity index (χ0) is 23.3. The number of fused-ring (bicyclic) bond motifs is 1. The number of nitrogens with one attached hydrogen (secondary N) is 2. The van der Waals surface area contributed by atoms with Gasteiger partial charge in [0.2, 0.25) is 5.95 Å². The molecule has 1 aromatic carbocycles. The van der Waals surface area contributed by atoms with Gasteiger partial charge in [-0.25, -0.2) is 0 Å². The van der Waals surface area contributed by atoms with Gasteiger partial charge in [-0.3, -0.25) is 4.90 Å². The van der Waals surface area contributed by atoms with Crippen LogP contribution in [0.25, 0.3) is 0 Å². The number of rotatable bonds is 6. The fourth-order valence-electron chi connectivity index (χ4n) is 4.83. The highest BCUT2D eigenvalue weighted by Crippen LogP contribution is 2.31. The standard InChI is InChI=1S/C25H35N7OS/c1-19-6-9-31(10-7-19)22-16-23(32-17-20-4-2-3-5-21(20)18-32)28-24(27-22)29-25(34)26-8-11-30-12-14-33-15-13-30/h2-5,16,19H,6-15,17-18H2,1H3,(H2,26,27,28,29,34). The minimum absolute atomic E-state index is 0.561. The van der Waals surface area contributed by atoms with Gasteiger partial charge in [-0.1, -0.05) is 31.2 Å². The highest BCUT2D eigenvalue weighted by atomic mass is 32.1. The molecule has 0 aliphatic carbocycles. The number of morpholine rings is 1. The van der Waals surface area contributed by atoms with Crippen LogP contribution in [0.15, 0.2) is 30.3 Å². The van der Waals surface area contributed by atoms with E-state index in [0.29, 0.717) is 11.1 Å². The average molecular weight is 482 g/mol. The van der Waals surface area contributed by atoms with Crippen molar-refractivity contribution in [3.63, 3.8) is 0 Å². The Morgan fingerprint density at radius 2 is 1.65 bits per heavy atom. The van der Waals surface area contributed by atoms with E-state index in [0.717, 1.165) is 83.1 Å². The van der Waals surface area contributed by atoms with Gasteiger partial charge < -0.3 is 25.2 Å². The average Bonchev–Trinajstić information content (AvgIpc) is 3.29. The first-order chi connectivity index (χ1) is 16.6. The third kappa shape index (κ3) is 5.76. The summed E-state index contributed by atoms with van der Waals surface area (Å²) in [6.07, 6.45) is 2.39. The summed E-state index contributed by atoms with van der Waals surface area (Å²) in [5.74, 6) is 3.25. The molecule has 34 heavy (non-hydrogen) atoms. The molecule has 2 aromatic rings. The molecule has 3 aliphatic heterocycles. The number of aromatic nitrogens is 2. The summed E-state index contributed by atoms with van der Waals surface area (Å²) in [7, 11) is 0. The van der Waals surface area contributed by atoms with Gasteiger partial charge in [0.15, 0.2) is 5.11 Å². The lowest BCUT2D eigenvalue weighted by molar-refractivity contribution is 0.0389. The Kier molecular flexibility index (Phi) is 7.42. The number of hydrogen-bond acceptors (Lipinski definition) is 7. The van der Waals surface area contributed by atoms with Crippen LogP contribution in [0.1, 0.15) is 30.9 Å². The fourth-order valence-corrected chi connectivity index (χ4v) is 5.03. The van der Waals surface area contributed by atoms with Crippen molar-refractivity contribution in [1.29, 1.82) is 0 Å². The number of thiocarbonyl (C=S) groups is 1. The van der Waals surface area contributed by atoms with Crippen LogP contribution in [-0.4, -0.2) is 72.5 Å². The third-order valence-electron chi connectivity index (χ3n) is 7.01. The molecule has 2 saturated heterocycles. The van der Waals surface area contributed by atoms with Crippen molar-refractivity contribution in [2.75, 3.05) is 67.6 Å². The second-order valence-electron chi connectivity index (χ2n) is 9.54. The van der Waals surface area contributed by atoms with Crippen molar-refractivity contribution >= 4 is 34.9 Å². The predicted molar refractivity (Wildman–Crippen MR) is 140 cm³/mol. The molecule has 5 rings (SSSR count). The van der Waals surface area contributed by atoms with E-state index in [9.17, 15) is 0 Å². The monoisotopic (exact) mass is 481 g/mol. The van der Waals surface area contributed by atoms with Gasteiger partial charge in [-0.15, -0.1) is 0 Å². The molecule has 8 nitrogen and oxygen atoms in total. The molecule has 0 atom stereocenters. The van der Waals surface area contributed by atoms with Crippen LogP contribution in [-0.2, 0) is 17.8 Å². The molecule has 0 unspecified atom stereocenters. The van der Waals surface area contributed by atoms with Crippen molar-refractivity contribution in [3.05, 3.63) is 41.5 Å². The number of anilines is 3. The maximum atomic E-state index is 5.58. The normalized spacial score (nSPS) is 19.2. The molecule has 0 bridgehead atoms. The second kappa shape index (κ2) is 10.8. The van der Waals surface area contributed by atoms with E-state index >= 15 is 0 Å². The van der Waals surface area contributed by atoms with E-state index in [1.807, 2.05) is 0 Å². The summed E-state index contributed by atoms with van der Waals surface area (Å²) in [6.45, 7) is 11.4. The summed E-state index contributed by atoms with van der Waals surface area (Å²) in [5.41, 5.74) is 2.73. The number of piperidine rings is 1. The Morgan fingerprint density at radius 1 is 1.00 bits per heavy atom. The summed E-state index contributed by atoms with van der Waals surface area (Å²) >= 11 is 5.58. The highest BCUT2D eigenvalue weighted by Gasteiger charge is 2.24. The number of nitrogens with zero attached hydrogens (tertiary/aromatic N) is 5. The van der Waals surface area contributed by atoms with Crippen molar-refractivity contribution in [1.82, 2.24) is 20.2 Å². The molecule has 4 heterocycles. The summed E-state index contributed by atoms with van der Waals surface area (Å²) < 4.78 is 5.42. The SMILES string of the molecule is CC1CCN(c2cc(N3Cc4ccccc4C3)nc(NC(=S)NCCN3CCOCC3)n2)CC1. The largest absolute Gasteiger partial charge is 0.379 e. The van der Waals surface area contributed by atoms with Gasteiger partial charge in [0.25, 0.3) is 0 Å². The van der Waals surface area contributed by atoms with Crippen LogP contribution in [0.3, 0.4) is 0 Å². The van der Waals surface area contributed by atoms with Gasteiger partial charge in [-0.05, 0) is 42.1 Å². The van der Waals surface area contributed by atoms with E-state index in [2.05, 4.69) is 62.6 Å². The Labute approximate surface area is 207 Å². The Morgan fingerprint density at radius 3 is 2.32 bits per heavy atom. The maximum Gasteiger partial charge on any atom is 0.232 e. The first kappa shape index (κ1) is 23.3. The molecule has 182 valence electrons. The molecule has 0 radical (unpaired) electrons. The van der Waals surface area contributed by atoms with Crippen molar-refractivity contribution in [2.45, 2.75) is 32.9 Å². The highest BCUT2D eigenvalue weighted by molar-refractivity contribution is 7.80. The summed E-state index contributed by atoms with van der Waals surface area (Å²) in [4.78, 5) is 16.8. The van der Waals surface area contributed by atoms with Crippen LogP contribution in [0, 0.1) is 5.92 Å². The Bertz CT molecular complexity index is 964. The Hall–Kier alpha value is -2.49. The first-order valence-corrected chi connectivity index (χ1v) is 12.9. The zero-order valence-corrected chi connectivity index (χ0v) is 20.8. The number of ether oxygens (including phenoxy) is 1. The molecule has 2 fully saturated rings. The van der Waals surface area contributed by atoms with Crippen LogP contribution < -0.4 is 20.4 Å². The quantitative estimate of drug-likeness (QED) is 0.606. The predicted octanol–water partition coefficient (Wildman–Crippen LogP) is 2.85. The van der Waals surface area contributed by atoms with E-state index < -0.39 is 0 Å². The van der Waals surface area contributed by atoms with Crippen LogP contribution in [0.2, 0.25) is 0 Å². The van der Waals surface area contributed by atoms with Gasteiger partial charge in [-0.2, -0.15) is 9.97 Å². The van der Waals surface area contributed by atoms with E-state index in [-0.39, 0.29) is 0 Å². The number of hydrogen-bond donors (Lipinski definition) is 2. The van der Waals surface area contributed by atoms with Crippen LogP contribution >= 0.6 is 12.2 Å². The van der Waals surface area contributed by atoms with Gasteiger partial charge in [0, 0.05) is 58.4 Å². The van der Waals surface area contributed by atoms with E-state index in [1.54, 1.807) is 0 Å². The van der Waals surface area contributed by atoms with Crippen molar-refractivity contribution in [3.8, 4) is 0 Å². The van der Waals surface area contributed by atoms with Gasteiger partial charge in [0.1, 0.15) is 11.6 Å². The minimum atomic E-state index is 0.561. The van der Waals surface area contributed by atoms with E-state index in [4.69, 9.17) is 26.9 Å². The minimum Gasteiger partial charge on any atom is -0.379 e. The second-order valence-corrected chi connectivity index (χ2v) is 9.95. The zero-order valence-electron chi connectivity index (χ0n) is 20.0. The Balaban J connectivity index is 1.28. The molecule has 0 spiro atoms. The number of benzene rings is 1. The fraction of sp³-hybridized carbons (Fsp3) is 0.560. The molecule has 1 aromatic heterocycles. The molecule has 9 heteroatoms. The van der Waals surface area contributed by atoms with Gasteiger partial charge >= 0.3 is 0 Å². The molecular formula is C25H35N7OS. The summed E-state index contributed by atoms with van der Waals surface area (Å²) in [6, 6.07) is 10.8. The molecular weight excluding hydrogens is 446 g/mol. The third-order valence-corrected chi connectivity index (χ3v) is 7.26. The van der Waals surface area contributed by atoms with E-state index in [1.165, 1.54) is 24.0 Å². The van der Waals surface area contributed by atoms with Crippen molar-refractivity contribution in [2.24, 2.45) is 5.92 Å². The topological polar surface area (TPSA) is 68.8 Å². The lowest BCUT2D eigenvalue weighted by Crippen LogP contribution is -2.42.